The van der Waals surface area contributed by atoms with E-state index in [1.165, 1.54) is 57.8 Å². The Bertz CT molecular complexity index is 195. The summed E-state index contributed by atoms with van der Waals surface area (Å²) >= 11 is 0. The molecule has 16 heavy (non-hydrogen) atoms. The van der Waals surface area contributed by atoms with Crippen molar-refractivity contribution in [1.82, 2.24) is 5.32 Å². The summed E-state index contributed by atoms with van der Waals surface area (Å²) in [6, 6.07) is 0.462. The minimum absolute atomic E-state index is 0.131. The summed E-state index contributed by atoms with van der Waals surface area (Å²) < 4.78 is 0. The molecule has 0 saturated heterocycles. The molecule has 1 saturated carbocycles. The third kappa shape index (κ3) is 5.53. The number of amides is 1. The van der Waals surface area contributed by atoms with Crippen LogP contribution < -0.4 is 5.32 Å². The fourth-order valence-electron chi connectivity index (χ4n) is 2.74. The van der Waals surface area contributed by atoms with Crippen molar-refractivity contribution in [1.29, 1.82) is 0 Å². The Morgan fingerprint density at radius 1 is 1.12 bits per heavy atom. The highest BCUT2D eigenvalue weighted by molar-refractivity contribution is 5.73. The van der Waals surface area contributed by atoms with E-state index in [0.717, 1.165) is 5.92 Å². The lowest BCUT2D eigenvalue weighted by Crippen LogP contribution is -2.36. The first-order chi connectivity index (χ1) is 7.72. The summed E-state index contributed by atoms with van der Waals surface area (Å²) in [6.45, 7) is 3.88. The number of rotatable bonds is 6. The molecule has 1 fully saturated rings. The summed E-state index contributed by atoms with van der Waals surface area (Å²) in [5, 5.41) is 3.04. The fourth-order valence-corrected chi connectivity index (χ4v) is 2.74. The number of hydrogen-bond donors (Lipinski definition) is 1. The van der Waals surface area contributed by atoms with E-state index in [9.17, 15) is 4.79 Å². The van der Waals surface area contributed by atoms with Crippen LogP contribution in [0.2, 0.25) is 0 Å². The van der Waals surface area contributed by atoms with E-state index in [2.05, 4.69) is 12.2 Å². The first kappa shape index (κ1) is 13.5. The number of hydrogen-bond acceptors (Lipinski definition) is 1. The Kier molecular flexibility index (Phi) is 6.51. The van der Waals surface area contributed by atoms with Crippen molar-refractivity contribution < 1.29 is 4.79 Å². The van der Waals surface area contributed by atoms with Crippen LogP contribution in [-0.4, -0.2) is 11.9 Å². The minimum Gasteiger partial charge on any atom is -0.354 e. The Morgan fingerprint density at radius 2 is 1.81 bits per heavy atom. The molecule has 1 aliphatic carbocycles. The van der Waals surface area contributed by atoms with Crippen LogP contribution in [0.5, 0.6) is 0 Å². The van der Waals surface area contributed by atoms with Crippen molar-refractivity contribution in [3.05, 3.63) is 0 Å². The van der Waals surface area contributed by atoms with Crippen LogP contribution in [0.4, 0.5) is 0 Å². The zero-order valence-electron chi connectivity index (χ0n) is 10.9. The summed E-state index contributed by atoms with van der Waals surface area (Å²) in [5.74, 6) is 1.06. The molecule has 0 atom stereocenters. The summed E-state index contributed by atoms with van der Waals surface area (Å²) in [7, 11) is 0. The standard InChI is InChI=1S/C14H27NO/c1-3-4-5-6-7-13-8-10-14(11-9-13)15-12(2)16/h13-14H,3-11H2,1-2H3,(H,15,16)/t13-,14+. The maximum atomic E-state index is 10.9. The van der Waals surface area contributed by atoms with Crippen molar-refractivity contribution in [3.8, 4) is 0 Å². The third-order valence-corrected chi connectivity index (χ3v) is 3.72. The van der Waals surface area contributed by atoms with Gasteiger partial charge in [-0.1, -0.05) is 39.0 Å². The van der Waals surface area contributed by atoms with E-state index < -0.39 is 0 Å². The van der Waals surface area contributed by atoms with Crippen LogP contribution in [0.15, 0.2) is 0 Å². The molecule has 1 N–H and O–H groups in total. The number of nitrogens with one attached hydrogen (secondary N) is 1. The first-order valence-corrected chi connectivity index (χ1v) is 6.99. The Labute approximate surface area is 100 Å². The quantitative estimate of drug-likeness (QED) is 0.687. The maximum Gasteiger partial charge on any atom is 0.217 e. The highest BCUT2D eigenvalue weighted by Gasteiger charge is 2.20. The lowest BCUT2D eigenvalue weighted by atomic mass is 9.83. The molecule has 0 unspecified atom stereocenters. The average Bonchev–Trinajstić information content (AvgIpc) is 2.26. The molecule has 0 aliphatic heterocycles. The molecule has 0 aromatic rings. The summed E-state index contributed by atoms with van der Waals surface area (Å²) in [5.41, 5.74) is 0. The monoisotopic (exact) mass is 225 g/mol. The van der Waals surface area contributed by atoms with Gasteiger partial charge in [0.1, 0.15) is 0 Å². The van der Waals surface area contributed by atoms with Crippen LogP contribution in [0, 0.1) is 5.92 Å². The highest BCUT2D eigenvalue weighted by atomic mass is 16.1. The summed E-state index contributed by atoms with van der Waals surface area (Å²) in [4.78, 5) is 10.9. The molecule has 0 radical (unpaired) electrons. The fraction of sp³-hybridized carbons (Fsp3) is 0.929. The van der Waals surface area contributed by atoms with Crippen molar-refractivity contribution in [2.75, 3.05) is 0 Å². The molecule has 0 aromatic carbocycles. The topological polar surface area (TPSA) is 29.1 Å². The predicted octanol–water partition coefficient (Wildman–Crippen LogP) is 3.65. The van der Waals surface area contributed by atoms with Crippen LogP contribution in [0.25, 0.3) is 0 Å². The van der Waals surface area contributed by atoms with Gasteiger partial charge in [0, 0.05) is 13.0 Å². The first-order valence-electron chi connectivity index (χ1n) is 6.99. The summed E-state index contributed by atoms with van der Waals surface area (Å²) in [6.07, 6.45) is 12.0. The van der Waals surface area contributed by atoms with Gasteiger partial charge in [0.25, 0.3) is 0 Å². The Balaban J connectivity index is 2.05. The SMILES string of the molecule is CCCCCC[C@H]1CC[C@@H](NC(C)=O)CC1. The van der Waals surface area contributed by atoms with Gasteiger partial charge in [-0.2, -0.15) is 0 Å². The molecule has 1 aliphatic rings. The van der Waals surface area contributed by atoms with E-state index in [-0.39, 0.29) is 5.91 Å². The van der Waals surface area contributed by atoms with Gasteiger partial charge in [-0.3, -0.25) is 4.79 Å². The van der Waals surface area contributed by atoms with Gasteiger partial charge < -0.3 is 5.32 Å². The van der Waals surface area contributed by atoms with Crippen molar-refractivity contribution >= 4 is 5.91 Å². The van der Waals surface area contributed by atoms with Crippen molar-refractivity contribution in [2.45, 2.75) is 77.7 Å². The van der Waals surface area contributed by atoms with Crippen molar-refractivity contribution in [2.24, 2.45) is 5.92 Å². The van der Waals surface area contributed by atoms with E-state index in [4.69, 9.17) is 0 Å². The number of unbranched alkanes of at least 4 members (excludes halogenated alkanes) is 3. The molecule has 0 aromatic heterocycles. The van der Waals surface area contributed by atoms with E-state index in [1.807, 2.05) is 0 Å². The van der Waals surface area contributed by atoms with Gasteiger partial charge in [0.2, 0.25) is 5.91 Å². The molecule has 2 nitrogen and oxygen atoms in total. The van der Waals surface area contributed by atoms with E-state index in [1.54, 1.807) is 6.92 Å². The Hall–Kier alpha value is -0.530. The second-order valence-electron chi connectivity index (χ2n) is 5.27. The van der Waals surface area contributed by atoms with Gasteiger partial charge in [-0.15, -0.1) is 0 Å². The maximum absolute atomic E-state index is 10.9. The Morgan fingerprint density at radius 3 is 2.38 bits per heavy atom. The zero-order chi connectivity index (χ0) is 11.8. The molecule has 1 rings (SSSR count). The lowest BCUT2D eigenvalue weighted by Gasteiger charge is -2.28. The molecule has 94 valence electrons. The minimum atomic E-state index is 0.131. The van der Waals surface area contributed by atoms with Crippen LogP contribution in [0.3, 0.4) is 0 Å². The highest BCUT2D eigenvalue weighted by Crippen LogP contribution is 2.28. The van der Waals surface area contributed by atoms with Gasteiger partial charge in [0.05, 0.1) is 0 Å². The molecule has 0 bridgehead atoms. The van der Waals surface area contributed by atoms with Crippen LogP contribution in [0.1, 0.15) is 71.6 Å². The van der Waals surface area contributed by atoms with Gasteiger partial charge in [-0.25, -0.2) is 0 Å². The second-order valence-corrected chi connectivity index (χ2v) is 5.27. The lowest BCUT2D eigenvalue weighted by molar-refractivity contribution is -0.119. The molecule has 0 spiro atoms. The average molecular weight is 225 g/mol. The van der Waals surface area contributed by atoms with Crippen LogP contribution >= 0.6 is 0 Å². The van der Waals surface area contributed by atoms with Crippen molar-refractivity contribution in [3.63, 3.8) is 0 Å². The van der Waals surface area contributed by atoms with Gasteiger partial charge >= 0.3 is 0 Å². The molecule has 1 amide bonds. The zero-order valence-corrected chi connectivity index (χ0v) is 10.9. The van der Waals surface area contributed by atoms with Gasteiger partial charge in [-0.05, 0) is 31.6 Å². The van der Waals surface area contributed by atoms with Gasteiger partial charge in [0.15, 0.2) is 0 Å². The normalized spacial score (nSPS) is 25.4. The van der Waals surface area contributed by atoms with Crippen LogP contribution in [-0.2, 0) is 4.79 Å². The predicted molar refractivity (Wildman–Crippen MR) is 68.3 cm³/mol. The molecular weight excluding hydrogens is 198 g/mol. The molecule has 2 heteroatoms. The smallest absolute Gasteiger partial charge is 0.217 e. The third-order valence-electron chi connectivity index (χ3n) is 3.72. The largest absolute Gasteiger partial charge is 0.354 e. The molecular formula is C14H27NO. The van der Waals surface area contributed by atoms with E-state index >= 15 is 0 Å². The van der Waals surface area contributed by atoms with E-state index in [0.29, 0.717) is 6.04 Å². The number of carbonyl (C=O) groups excluding carboxylic acids is 1. The number of carbonyl (C=O) groups is 1. The molecule has 0 heterocycles. The second kappa shape index (κ2) is 7.70.